The second-order valence-corrected chi connectivity index (χ2v) is 8.71. The first kappa shape index (κ1) is 22.5. The number of ether oxygens (including phenoxy) is 1. The molecule has 2 heterocycles. The summed E-state index contributed by atoms with van der Waals surface area (Å²) in [5.74, 6) is -1.38. The molecule has 2 aliphatic heterocycles. The molecule has 7 nitrogen and oxygen atoms in total. The third-order valence-corrected chi connectivity index (χ3v) is 6.35. The molecule has 0 unspecified atom stereocenters. The van der Waals surface area contributed by atoms with Gasteiger partial charge in [0.1, 0.15) is 6.61 Å². The van der Waals surface area contributed by atoms with E-state index in [9.17, 15) is 19.2 Å². The van der Waals surface area contributed by atoms with Gasteiger partial charge in [-0.3, -0.25) is 19.3 Å². The number of hydrogen-bond donors (Lipinski definition) is 0. The Hall–Kier alpha value is -4.26. The van der Waals surface area contributed by atoms with Crippen LogP contribution in [-0.2, 0) is 17.9 Å². The average molecular weight is 469 g/mol. The molecule has 35 heavy (non-hydrogen) atoms. The largest absolute Gasteiger partial charge is 0.457 e. The zero-order chi connectivity index (χ0) is 24.4. The van der Waals surface area contributed by atoms with Gasteiger partial charge in [-0.15, -0.1) is 0 Å². The molecular weight excluding hydrogens is 444 g/mol. The number of hydrogen-bond acceptors (Lipinski definition) is 5. The number of likely N-dealkylation sites (tertiary alicyclic amines) is 1. The van der Waals surface area contributed by atoms with Crippen molar-refractivity contribution < 1.29 is 23.9 Å². The molecule has 0 saturated carbocycles. The van der Waals surface area contributed by atoms with Gasteiger partial charge in [-0.1, -0.05) is 42.5 Å². The van der Waals surface area contributed by atoms with E-state index in [-0.39, 0.29) is 41.7 Å². The highest BCUT2D eigenvalue weighted by Gasteiger charge is 2.36. The van der Waals surface area contributed by atoms with Gasteiger partial charge in [0.05, 0.1) is 23.2 Å². The number of imide groups is 1. The molecule has 1 saturated heterocycles. The highest BCUT2D eigenvalue weighted by Crippen LogP contribution is 2.26. The Bertz CT molecular complexity index is 1290. The van der Waals surface area contributed by atoms with Crippen molar-refractivity contribution in [3.8, 4) is 0 Å². The summed E-state index contributed by atoms with van der Waals surface area (Å²) in [5, 5.41) is 0. The Morgan fingerprint density at radius 2 is 1.40 bits per heavy atom. The summed E-state index contributed by atoms with van der Waals surface area (Å²) in [4.78, 5) is 53.7. The van der Waals surface area contributed by atoms with Gasteiger partial charge in [-0.05, 0) is 54.3 Å². The molecule has 0 aromatic heterocycles. The second kappa shape index (κ2) is 9.54. The van der Waals surface area contributed by atoms with E-state index >= 15 is 0 Å². The Balaban J connectivity index is 1.22. The van der Waals surface area contributed by atoms with Crippen LogP contribution in [0.15, 0.2) is 72.8 Å². The molecule has 0 N–H and O–H groups in total. The first-order valence-corrected chi connectivity index (χ1v) is 11.6. The molecule has 0 atom stereocenters. The van der Waals surface area contributed by atoms with Crippen LogP contribution in [0.25, 0.3) is 0 Å². The van der Waals surface area contributed by atoms with Gasteiger partial charge in [0.15, 0.2) is 0 Å². The number of amides is 3. The maximum absolute atomic E-state index is 12.9. The van der Waals surface area contributed by atoms with Crippen LogP contribution in [0.4, 0.5) is 0 Å². The van der Waals surface area contributed by atoms with Crippen molar-refractivity contribution >= 4 is 23.7 Å². The fourth-order valence-corrected chi connectivity index (χ4v) is 4.41. The van der Waals surface area contributed by atoms with E-state index in [2.05, 4.69) is 0 Å². The molecule has 0 aliphatic carbocycles. The average Bonchev–Trinajstić information content (AvgIpc) is 3.51. The number of esters is 1. The summed E-state index contributed by atoms with van der Waals surface area (Å²) in [6.45, 7) is 1.78. The lowest BCUT2D eigenvalue weighted by molar-refractivity contribution is 0.0472. The zero-order valence-electron chi connectivity index (χ0n) is 19.1. The first-order valence-electron chi connectivity index (χ1n) is 11.6. The summed E-state index contributed by atoms with van der Waals surface area (Å²) >= 11 is 0. The minimum absolute atomic E-state index is 0.0182. The molecule has 0 radical (unpaired) electrons. The topological polar surface area (TPSA) is 84.0 Å². The van der Waals surface area contributed by atoms with Crippen LogP contribution in [0, 0.1) is 0 Å². The molecule has 2 aliphatic rings. The summed E-state index contributed by atoms with van der Waals surface area (Å²) < 4.78 is 5.41. The van der Waals surface area contributed by atoms with Crippen molar-refractivity contribution in [1.29, 1.82) is 0 Å². The molecule has 176 valence electrons. The first-order chi connectivity index (χ1) is 17.0. The van der Waals surface area contributed by atoms with Gasteiger partial charge >= 0.3 is 5.97 Å². The van der Waals surface area contributed by atoms with E-state index < -0.39 is 11.9 Å². The number of fused-ring (bicyclic) bond motifs is 1. The second-order valence-electron chi connectivity index (χ2n) is 8.71. The normalized spacial score (nSPS) is 14.9. The molecule has 0 bridgehead atoms. The maximum Gasteiger partial charge on any atom is 0.338 e. The number of nitrogens with zero attached hydrogens (tertiary/aromatic N) is 2. The zero-order valence-corrected chi connectivity index (χ0v) is 19.1. The minimum atomic E-state index is -0.591. The van der Waals surface area contributed by atoms with Gasteiger partial charge < -0.3 is 9.64 Å². The molecular formula is C28H24N2O5. The van der Waals surface area contributed by atoms with Crippen LogP contribution >= 0.6 is 0 Å². The third-order valence-electron chi connectivity index (χ3n) is 6.35. The van der Waals surface area contributed by atoms with Crippen LogP contribution in [0.3, 0.4) is 0 Å². The lowest BCUT2D eigenvalue weighted by Crippen LogP contribution is -2.29. The van der Waals surface area contributed by atoms with Crippen molar-refractivity contribution in [2.75, 3.05) is 13.1 Å². The van der Waals surface area contributed by atoms with Crippen LogP contribution < -0.4 is 0 Å². The summed E-state index contributed by atoms with van der Waals surface area (Å²) in [7, 11) is 0. The predicted octanol–water partition coefficient (Wildman–Crippen LogP) is 4.08. The standard InChI is InChI=1S/C28H24N2O5/c31-25(29-14-4-5-15-29)21-10-8-20(9-11-21)18-35-28(34)22-12-13-23-24(16-22)27(33)30(26(23)32)17-19-6-2-1-3-7-19/h1-3,6-13,16H,4-5,14-15,17-18H2. The van der Waals surface area contributed by atoms with E-state index in [4.69, 9.17) is 4.74 Å². The monoisotopic (exact) mass is 468 g/mol. The Morgan fingerprint density at radius 3 is 2.11 bits per heavy atom. The molecule has 3 amide bonds. The van der Waals surface area contributed by atoms with Crippen LogP contribution in [0.5, 0.6) is 0 Å². The van der Waals surface area contributed by atoms with Gasteiger partial charge in [0.25, 0.3) is 17.7 Å². The van der Waals surface area contributed by atoms with E-state index in [1.807, 2.05) is 35.2 Å². The smallest absolute Gasteiger partial charge is 0.338 e. The van der Waals surface area contributed by atoms with Gasteiger partial charge in [-0.25, -0.2) is 4.79 Å². The highest BCUT2D eigenvalue weighted by atomic mass is 16.5. The van der Waals surface area contributed by atoms with Crippen molar-refractivity contribution in [3.05, 3.63) is 106 Å². The van der Waals surface area contributed by atoms with E-state index in [1.54, 1.807) is 24.3 Å². The fourth-order valence-electron chi connectivity index (χ4n) is 4.41. The quantitative estimate of drug-likeness (QED) is 0.402. The van der Waals surface area contributed by atoms with Crippen LogP contribution in [0.2, 0.25) is 0 Å². The van der Waals surface area contributed by atoms with Gasteiger partial charge in [0, 0.05) is 18.7 Å². The van der Waals surface area contributed by atoms with Gasteiger partial charge in [-0.2, -0.15) is 0 Å². The molecule has 3 aromatic rings. The molecule has 1 fully saturated rings. The molecule has 7 heteroatoms. The predicted molar refractivity (Wildman–Crippen MR) is 128 cm³/mol. The van der Waals surface area contributed by atoms with Gasteiger partial charge in [0.2, 0.25) is 0 Å². The van der Waals surface area contributed by atoms with E-state index in [0.717, 1.165) is 37.1 Å². The van der Waals surface area contributed by atoms with Crippen molar-refractivity contribution in [3.63, 3.8) is 0 Å². The number of carbonyl (C=O) groups excluding carboxylic acids is 4. The third kappa shape index (κ3) is 4.57. The summed E-state index contributed by atoms with van der Waals surface area (Å²) in [6.07, 6.45) is 2.07. The van der Waals surface area contributed by atoms with Crippen LogP contribution in [-0.4, -0.2) is 46.6 Å². The molecule has 5 rings (SSSR count). The molecule has 0 spiro atoms. The number of benzene rings is 3. The van der Waals surface area contributed by atoms with E-state index in [1.165, 1.54) is 23.1 Å². The Kier molecular flexibility index (Phi) is 6.14. The van der Waals surface area contributed by atoms with E-state index in [0.29, 0.717) is 5.56 Å². The maximum atomic E-state index is 12.9. The fraction of sp³-hybridized carbons (Fsp3) is 0.214. The lowest BCUT2D eigenvalue weighted by Gasteiger charge is -2.15. The summed E-state index contributed by atoms with van der Waals surface area (Å²) in [5.41, 5.74) is 2.88. The van der Waals surface area contributed by atoms with Crippen molar-refractivity contribution in [1.82, 2.24) is 9.80 Å². The summed E-state index contributed by atoms with van der Waals surface area (Å²) in [6, 6.07) is 20.7. The Morgan fingerprint density at radius 1 is 0.743 bits per heavy atom. The highest BCUT2D eigenvalue weighted by molar-refractivity contribution is 6.21. The molecule has 3 aromatic carbocycles. The van der Waals surface area contributed by atoms with Crippen LogP contribution in [0.1, 0.15) is 65.4 Å². The minimum Gasteiger partial charge on any atom is -0.457 e. The van der Waals surface area contributed by atoms with Crippen molar-refractivity contribution in [2.45, 2.75) is 26.0 Å². The SMILES string of the molecule is O=C(OCc1ccc(C(=O)N2CCCC2)cc1)c1ccc2c(c1)C(=O)N(Cc1ccccc1)C2=O. The lowest BCUT2D eigenvalue weighted by atomic mass is 10.1. The van der Waals surface area contributed by atoms with Crippen molar-refractivity contribution in [2.24, 2.45) is 0 Å². The Labute approximate surface area is 202 Å². The number of rotatable bonds is 6. The number of carbonyl (C=O) groups is 4.